The minimum absolute atomic E-state index is 0.0136. The van der Waals surface area contributed by atoms with E-state index in [1.54, 1.807) is 28.9 Å². The monoisotopic (exact) mass is 429 g/mol. The van der Waals surface area contributed by atoms with Crippen LogP contribution in [0.15, 0.2) is 46.8 Å². The lowest BCUT2D eigenvalue weighted by atomic mass is 10.3. The van der Waals surface area contributed by atoms with E-state index in [9.17, 15) is 13.6 Å². The first-order valence-corrected chi connectivity index (χ1v) is 9.75. The summed E-state index contributed by atoms with van der Waals surface area (Å²) in [6, 6.07) is 10.00. The molecule has 0 atom stereocenters. The van der Waals surface area contributed by atoms with Crippen LogP contribution in [0.1, 0.15) is 0 Å². The topological polar surface area (TPSA) is 46.9 Å². The molecule has 1 amide bonds. The molecule has 1 N–H and O–H groups in total. The van der Waals surface area contributed by atoms with Gasteiger partial charge in [-0.1, -0.05) is 34.7 Å². The summed E-state index contributed by atoms with van der Waals surface area (Å²) < 4.78 is 29.1. The van der Waals surface area contributed by atoms with Crippen molar-refractivity contribution < 1.29 is 13.6 Å². The zero-order chi connectivity index (χ0) is 18.7. The Balaban J connectivity index is 1.64. The summed E-state index contributed by atoms with van der Waals surface area (Å²) in [7, 11) is 0. The van der Waals surface area contributed by atoms with E-state index in [2.05, 4.69) is 10.4 Å². The fourth-order valence-electron chi connectivity index (χ4n) is 1.97. The molecule has 3 rings (SSSR count). The molecule has 2 aromatic carbocycles. The number of carbonyl (C=O) groups is 1. The van der Waals surface area contributed by atoms with Crippen LogP contribution in [-0.2, 0) is 4.79 Å². The Labute approximate surface area is 165 Å². The Morgan fingerprint density at radius 2 is 2.00 bits per heavy atom. The van der Waals surface area contributed by atoms with Gasteiger partial charge in [-0.3, -0.25) is 4.79 Å². The van der Waals surface area contributed by atoms with E-state index in [0.29, 0.717) is 19.4 Å². The zero-order valence-corrected chi connectivity index (χ0v) is 16.1. The van der Waals surface area contributed by atoms with Gasteiger partial charge in [-0.2, -0.15) is 0 Å². The largest absolute Gasteiger partial charge is 0.323 e. The normalized spacial score (nSPS) is 10.7. The minimum atomic E-state index is -0.828. The maximum atomic E-state index is 13.5. The summed E-state index contributed by atoms with van der Waals surface area (Å²) in [6.45, 7) is 0. The van der Waals surface area contributed by atoms with Crippen molar-refractivity contribution in [2.75, 3.05) is 11.1 Å². The van der Waals surface area contributed by atoms with Crippen molar-refractivity contribution in [3.8, 4) is 5.69 Å². The summed E-state index contributed by atoms with van der Waals surface area (Å²) in [5.74, 6) is -1.95. The van der Waals surface area contributed by atoms with Crippen LogP contribution in [0.3, 0.4) is 0 Å². The van der Waals surface area contributed by atoms with Crippen LogP contribution < -0.4 is 5.32 Å². The van der Waals surface area contributed by atoms with Gasteiger partial charge in [0.15, 0.2) is 8.29 Å². The Morgan fingerprint density at radius 1 is 1.27 bits per heavy atom. The molecular weight excluding hydrogens is 420 g/mol. The molecule has 0 saturated carbocycles. The molecule has 0 saturated heterocycles. The number of rotatable bonds is 5. The standard InChI is InChI=1S/C16H10ClF2N3OS3/c17-9-1-4-11(5-2-9)22-16(24)26-15(21-22)25-8-14(23)20-13-6-3-10(18)7-12(13)19/h1-7H,8H2,(H,20,23). The van der Waals surface area contributed by atoms with Gasteiger partial charge in [0.2, 0.25) is 5.91 Å². The number of nitrogens with zero attached hydrogens (tertiary/aromatic N) is 2. The van der Waals surface area contributed by atoms with Crippen molar-refractivity contribution in [2.24, 2.45) is 0 Å². The maximum Gasteiger partial charge on any atom is 0.234 e. The number of benzene rings is 2. The van der Waals surface area contributed by atoms with Crippen LogP contribution in [0, 0.1) is 15.6 Å². The molecule has 0 aliphatic rings. The van der Waals surface area contributed by atoms with E-state index in [-0.39, 0.29) is 11.4 Å². The van der Waals surface area contributed by atoms with Crippen molar-refractivity contribution >= 4 is 58.5 Å². The van der Waals surface area contributed by atoms with Crippen molar-refractivity contribution in [3.63, 3.8) is 0 Å². The van der Waals surface area contributed by atoms with E-state index < -0.39 is 17.5 Å². The number of amides is 1. The molecule has 1 aromatic heterocycles. The van der Waals surface area contributed by atoms with Crippen molar-refractivity contribution in [3.05, 3.63) is 63.1 Å². The maximum absolute atomic E-state index is 13.5. The van der Waals surface area contributed by atoms with E-state index in [1.165, 1.54) is 29.2 Å². The summed E-state index contributed by atoms with van der Waals surface area (Å²) >= 11 is 13.6. The fraction of sp³-hybridized carbons (Fsp3) is 0.0625. The number of anilines is 1. The molecule has 3 aromatic rings. The van der Waals surface area contributed by atoms with Crippen LogP contribution in [0.4, 0.5) is 14.5 Å². The summed E-state index contributed by atoms with van der Waals surface area (Å²) in [5.41, 5.74) is 0.691. The highest BCUT2D eigenvalue weighted by atomic mass is 35.5. The minimum Gasteiger partial charge on any atom is -0.323 e. The third-order valence-corrected chi connectivity index (χ3v) is 5.75. The van der Waals surface area contributed by atoms with Crippen LogP contribution >= 0.6 is 46.9 Å². The summed E-state index contributed by atoms with van der Waals surface area (Å²) in [6.07, 6.45) is 0. The number of halogens is 3. The smallest absolute Gasteiger partial charge is 0.234 e. The Kier molecular flexibility index (Phi) is 6.02. The molecule has 0 aliphatic heterocycles. The Morgan fingerprint density at radius 3 is 2.69 bits per heavy atom. The molecule has 4 nitrogen and oxygen atoms in total. The van der Waals surface area contributed by atoms with Gasteiger partial charge in [-0.05, 0) is 48.6 Å². The summed E-state index contributed by atoms with van der Waals surface area (Å²) in [4.78, 5) is 12.0. The van der Waals surface area contributed by atoms with E-state index in [1.807, 2.05) is 0 Å². The van der Waals surface area contributed by atoms with Gasteiger partial charge in [-0.15, -0.1) is 5.10 Å². The predicted molar refractivity (Wildman–Crippen MR) is 103 cm³/mol. The first-order chi connectivity index (χ1) is 12.4. The van der Waals surface area contributed by atoms with Crippen LogP contribution in [0.25, 0.3) is 5.69 Å². The molecular formula is C16H10ClF2N3OS3. The fourth-order valence-corrected chi connectivity index (χ4v) is 4.26. The average molecular weight is 430 g/mol. The summed E-state index contributed by atoms with van der Waals surface area (Å²) in [5, 5.41) is 7.37. The highest BCUT2D eigenvalue weighted by Crippen LogP contribution is 2.25. The molecule has 134 valence electrons. The Hall–Kier alpha value is -1.81. The number of hydrogen-bond acceptors (Lipinski definition) is 5. The molecule has 0 spiro atoms. The first-order valence-electron chi connectivity index (χ1n) is 7.16. The SMILES string of the molecule is O=C(CSc1nn(-c2ccc(Cl)cc2)c(=S)s1)Nc1ccc(F)cc1F. The first kappa shape index (κ1) is 19.0. The quantitative estimate of drug-likeness (QED) is 0.440. The number of thioether (sulfide) groups is 1. The molecule has 0 unspecified atom stereocenters. The van der Waals surface area contributed by atoms with Gasteiger partial charge in [0.1, 0.15) is 11.6 Å². The molecule has 0 aliphatic carbocycles. The number of nitrogens with one attached hydrogen (secondary N) is 1. The van der Waals surface area contributed by atoms with E-state index >= 15 is 0 Å². The average Bonchev–Trinajstić information content (AvgIpc) is 2.97. The van der Waals surface area contributed by atoms with Crippen molar-refractivity contribution in [2.45, 2.75) is 4.34 Å². The third-order valence-electron chi connectivity index (χ3n) is 3.13. The second-order valence-corrected chi connectivity index (χ2v) is 8.26. The van der Waals surface area contributed by atoms with Crippen LogP contribution in [0.5, 0.6) is 0 Å². The molecule has 0 fully saturated rings. The molecule has 1 heterocycles. The lowest BCUT2D eigenvalue weighted by Gasteiger charge is -2.05. The van der Waals surface area contributed by atoms with Gasteiger partial charge in [0, 0.05) is 11.1 Å². The van der Waals surface area contributed by atoms with Crippen molar-refractivity contribution in [1.29, 1.82) is 0 Å². The van der Waals surface area contributed by atoms with Crippen molar-refractivity contribution in [1.82, 2.24) is 9.78 Å². The van der Waals surface area contributed by atoms with E-state index in [4.69, 9.17) is 23.8 Å². The molecule has 26 heavy (non-hydrogen) atoms. The van der Waals surface area contributed by atoms with Gasteiger partial charge in [0.25, 0.3) is 0 Å². The highest BCUT2D eigenvalue weighted by Gasteiger charge is 2.11. The lowest BCUT2D eigenvalue weighted by Crippen LogP contribution is -2.15. The second kappa shape index (κ2) is 8.26. The van der Waals surface area contributed by atoms with E-state index in [0.717, 1.165) is 11.8 Å². The van der Waals surface area contributed by atoms with Gasteiger partial charge in [-0.25, -0.2) is 13.5 Å². The van der Waals surface area contributed by atoms with Gasteiger partial charge < -0.3 is 5.32 Å². The highest BCUT2D eigenvalue weighted by molar-refractivity contribution is 8.01. The zero-order valence-electron chi connectivity index (χ0n) is 12.9. The Bertz CT molecular complexity index is 1000. The van der Waals surface area contributed by atoms with Crippen LogP contribution in [-0.4, -0.2) is 21.4 Å². The molecule has 0 radical (unpaired) electrons. The number of carbonyl (C=O) groups excluding carboxylic acids is 1. The third kappa shape index (κ3) is 4.67. The van der Waals surface area contributed by atoms with Crippen LogP contribution in [0.2, 0.25) is 5.02 Å². The predicted octanol–water partition coefficient (Wildman–Crippen LogP) is 5.33. The van der Waals surface area contributed by atoms with Gasteiger partial charge in [0.05, 0.1) is 17.1 Å². The van der Waals surface area contributed by atoms with Gasteiger partial charge >= 0.3 is 0 Å². The molecule has 0 bridgehead atoms. The number of aromatic nitrogens is 2. The second-order valence-electron chi connectivity index (χ2n) is 4.98. The lowest BCUT2D eigenvalue weighted by molar-refractivity contribution is -0.113. The molecule has 10 heteroatoms. The number of hydrogen-bond donors (Lipinski definition) is 1.